The monoisotopic (exact) mass is 236 g/mol. The SMILES string of the molecule is N#CCCNCc1ccc(-c2ccccc2)cc1. The van der Waals surface area contributed by atoms with E-state index in [9.17, 15) is 0 Å². The molecule has 0 bridgehead atoms. The van der Waals surface area contributed by atoms with Gasteiger partial charge in [-0.25, -0.2) is 0 Å². The van der Waals surface area contributed by atoms with E-state index in [0.29, 0.717) is 6.42 Å². The van der Waals surface area contributed by atoms with E-state index in [4.69, 9.17) is 5.26 Å². The zero-order valence-corrected chi connectivity index (χ0v) is 10.3. The summed E-state index contributed by atoms with van der Waals surface area (Å²) in [6.45, 7) is 1.56. The molecule has 0 unspecified atom stereocenters. The Morgan fingerprint density at radius 2 is 1.56 bits per heavy atom. The van der Waals surface area contributed by atoms with Gasteiger partial charge in [-0.1, -0.05) is 54.6 Å². The van der Waals surface area contributed by atoms with Crippen LogP contribution in [0, 0.1) is 11.3 Å². The number of nitrogens with one attached hydrogen (secondary N) is 1. The summed E-state index contributed by atoms with van der Waals surface area (Å²) in [5.74, 6) is 0. The third-order valence-corrected chi connectivity index (χ3v) is 2.80. The van der Waals surface area contributed by atoms with Gasteiger partial charge in [-0.05, 0) is 16.7 Å². The van der Waals surface area contributed by atoms with Crippen molar-refractivity contribution >= 4 is 0 Å². The number of hydrogen-bond donors (Lipinski definition) is 1. The van der Waals surface area contributed by atoms with Gasteiger partial charge in [0.2, 0.25) is 0 Å². The summed E-state index contributed by atoms with van der Waals surface area (Å²) in [5.41, 5.74) is 3.71. The molecule has 2 heteroatoms. The van der Waals surface area contributed by atoms with E-state index >= 15 is 0 Å². The normalized spacial score (nSPS) is 9.94. The molecular formula is C16H16N2. The molecule has 0 aliphatic carbocycles. The average molecular weight is 236 g/mol. The lowest BCUT2D eigenvalue weighted by atomic mass is 10.0. The molecule has 2 aromatic carbocycles. The quantitative estimate of drug-likeness (QED) is 0.808. The second kappa shape index (κ2) is 6.58. The van der Waals surface area contributed by atoms with E-state index in [1.807, 2.05) is 18.2 Å². The van der Waals surface area contributed by atoms with Crippen LogP contribution < -0.4 is 5.32 Å². The molecule has 1 N–H and O–H groups in total. The maximum atomic E-state index is 8.44. The molecule has 0 aliphatic rings. The first-order chi connectivity index (χ1) is 8.90. The van der Waals surface area contributed by atoms with Crippen LogP contribution in [0.15, 0.2) is 54.6 Å². The van der Waals surface area contributed by atoms with Crippen molar-refractivity contribution in [2.75, 3.05) is 6.54 Å². The minimum atomic E-state index is 0.558. The number of hydrogen-bond acceptors (Lipinski definition) is 2. The van der Waals surface area contributed by atoms with Gasteiger partial charge in [-0.2, -0.15) is 5.26 Å². The molecule has 0 aromatic heterocycles. The lowest BCUT2D eigenvalue weighted by Gasteiger charge is -2.05. The molecule has 0 aliphatic heterocycles. The second-order valence-electron chi connectivity index (χ2n) is 4.15. The maximum absolute atomic E-state index is 8.44. The molecule has 0 fully saturated rings. The molecule has 0 spiro atoms. The highest BCUT2D eigenvalue weighted by Gasteiger charge is 1.97. The highest BCUT2D eigenvalue weighted by atomic mass is 14.8. The Hall–Kier alpha value is -2.11. The van der Waals surface area contributed by atoms with E-state index in [0.717, 1.165) is 13.1 Å². The lowest BCUT2D eigenvalue weighted by molar-refractivity contribution is 0.699. The number of nitrogens with zero attached hydrogens (tertiary/aromatic N) is 1. The zero-order valence-electron chi connectivity index (χ0n) is 10.3. The van der Waals surface area contributed by atoms with Crippen LogP contribution in [0.4, 0.5) is 0 Å². The molecule has 0 heterocycles. The molecule has 2 rings (SSSR count). The summed E-state index contributed by atoms with van der Waals surface area (Å²) in [7, 11) is 0. The Labute approximate surface area is 108 Å². The van der Waals surface area contributed by atoms with E-state index in [1.165, 1.54) is 16.7 Å². The van der Waals surface area contributed by atoms with Crippen LogP contribution in [-0.2, 0) is 6.54 Å². The Morgan fingerprint density at radius 1 is 0.889 bits per heavy atom. The number of rotatable bonds is 5. The second-order valence-corrected chi connectivity index (χ2v) is 4.15. The highest BCUT2D eigenvalue weighted by molar-refractivity contribution is 5.63. The molecule has 90 valence electrons. The molecule has 18 heavy (non-hydrogen) atoms. The van der Waals surface area contributed by atoms with Crippen LogP contribution in [0.1, 0.15) is 12.0 Å². The predicted molar refractivity (Wildman–Crippen MR) is 73.8 cm³/mol. The fourth-order valence-corrected chi connectivity index (χ4v) is 1.82. The molecule has 0 atom stereocenters. The van der Waals surface area contributed by atoms with Crippen molar-refractivity contribution in [2.45, 2.75) is 13.0 Å². The molecule has 0 amide bonds. The van der Waals surface area contributed by atoms with Crippen LogP contribution >= 0.6 is 0 Å². The number of benzene rings is 2. The largest absolute Gasteiger partial charge is 0.312 e. The minimum absolute atomic E-state index is 0.558. The molecule has 2 nitrogen and oxygen atoms in total. The van der Waals surface area contributed by atoms with Gasteiger partial charge in [0.1, 0.15) is 0 Å². The van der Waals surface area contributed by atoms with E-state index in [-0.39, 0.29) is 0 Å². The first kappa shape index (κ1) is 12.3. The van der Waals surface area contributed by atoms with Gasteiger partial charge in [0.15, 0.2) is 0 Å². The molecular weight excluding hydrogens is 220 g/mol. The third-order valence-electron chi connectivity index (χ3n) is 2.80. The summed E-state index contributed by atoms with van der Waals surface area (Å²) in [6, 6.07) is 21.0. The fraction of sp³-hybridized carbons (Fsp3) is 0.188. The third kappa shape index (κ3) is 3.44. The maximum Gasteiger partial charge on any atom is 0.0635 e. The van der Waals surface area contributed by atoms with Gasteiger partial charge in [-0.15, -0.1) is 0 Å². The van der Waals surface area contributed by atoms with Gasteiger partial charge in [0.05, 0.1) is 6.07 Å². The zero-order chi connectivity index (χ0) is 12.6. The van der Waals surface area contributed by atoms with Gasteiger partial charge >= 0.3 is 0 Å². The van der Waals surface area contributed by atoms with E-state index in [2.05, 4.69) is 47.8 Å². The summed E-state index contributed by atoms with van der Waals surface area (Å²) >= 11 is 0. The smallest absolute Gasteiger partial charge is 0.0635 e. The Bertz CT molecular complexity index is 509. The van der Waals surface area contributed by atoms with E-state index in [1.54, 1.807) is 0 Å². The average Bonchev–Trinajstić information content (AvgIpc) is 2.45. The fourth-order valence-electron chi connectivity index (χ4n) is 1.82. The first-order valence-electron chi connectivity index (χ1n) is 6.12. The van der Waals surface area contributed by atoms with Gasteiger partial charge < -0.3 is 5.32 Å². The van der Waals surface area contributed by atoms with Crippen molar-refractivity contribution in [3.05, 3.63) is 60.2 Å². The topological polar surface area (TPSA) is 35.8 Å². The molecule has 0 saturated heterocycles. The van der Waals surface area contributed by atoms with Crippen LogP contribution in [0.3, 0.4) is 0 Å². The summed E-state index contributed by atoms with van der Waals surface area (Å²) in [4.78, 5) is 0. The van der Waals surface area contributed by atoms with Crippen molar-refractivity contribution in [1.82, 2.24) is 5.32 Å². The minimum Gasteiger partial charge on any atom is -0.312 e. The van der Waals surface area contributed by atoms with Crippen LogP contribution in [0.2, 0.25) is 0 Å². The first-order valence-corrected chi connectivity index (χ1v) is 6.12. The van der Waals surface area contributed by atoms with Crippen molar-refractivity contribution in [3.8, 4) is 17.2 Å². The van der Waals surface area contributed by atoms with Crippen LogP contribution in [0.25, 0.3) is 11.1 Å². The van der Waals surface area contributed by atoms with Crippen LogP contribution in [0.5, 0.6) is 0 Å². The summed E-state index contributed by atoms with van der Waals surface area (Å²) < 4.78 is 0. The number of nitriles is 1. The Morgan fingerprint density at radius 3 is 2.22 bits per heavy atom. The van der Waals surface area contributed by atoms with Crippen molar-refractivity contribution < 1.29 is 0 Å². The Kier molecular flexibility index (Phi) is 4.52. The van der Waals surface area contributed by atoms with Crippen molar-refractivity contribution in [1.29, 1.82) is 5.26 Å². The highest BCUT2D eigenvalue weighted by Crippen LogP contribution is 2.19. The Balaban J connectivity index is 1.96. The summed E-state index contributed by atoms with van der Waals surface area (Å²) in [6.07, 6.45) is 0.558. The van der Waals surface area contributed by atoms with Gasteiger partial charge in [-0.3, -0.25) is 0 Å². The molecule has 0 saturated carbocycles. The van der Waals surface area contributed by atoms with Gasteiger partial charge in [0.25, 0.3) is 0 Å². The van der Waals surface area contributed by atoms with Crippen LogP contribution in [-0.4, -0.2) is 6.54 Å². The summed E-state index contributed by atoms with van der Waals surface area (Å²) in [5, 5.41) is 11.7. The standard InChI is InChI=1S/C16H16N2/c17-11-4-12-18-13-14-7-9-16(10-8-14)15-5-2-1-3-6-15/h1-3,5-10,18H,4,12-13H2. The lowest BCUT2D eigenvalue weighted by Crippen LogP contribution is -2.13. The van der Waals surface area contributed by atoms with Crippen molar-refractivity contribution in [2.24, 2.45) is 0 Å². The molecule has 0 radical (unpaired) electrons. The predicted octanol–water partition coefficient (Wildman–Crippen LogP) is 3.36. The molecule has 2 aromatic rings. The van der Waals surface area contributed by atoms with Crippen molar-refractivity contribution in [3.63, 3.8) is 0 Å². The van der Waals surface area contributed by atoms with E-state index < -0.39 is 0 Å². The van der Waals surface area contributed by atoms with Gasteiger partial charge in [0, 0.05) is 19.5 Å².